The maximum Gasteiger partial charge on any atom is 0.213 e. The number of ether oxygens (including phenoxy) is 1. The molecule has 0 saturated carbocycles. The predicted molar refractivity (Wildman–Crippen MR) is 104 cm³/mol. The van der Waals surface area contributed by atoms with Crippen LogP contribution < -0.4 is 10.5 Å². The van der Waals surface area contributed by atoms with Gasteiger partial charge in [0.2, 0.25) is 5.88 Å². The Balaban J connectivity index is 1.88. The van der Waals surface area contributed by atoms with E-state index in [2.05, 4.69) is 30.1 Å². The van der Waals surface area contributed by atoms with Gasteiger partial charge in [-0.1, -0.05) is 42.5 Å². The van der Waals surface area contributed by atoms with Crippen molar-refractivity contribution in [3.63, 3.8) is 0 Å². The third-order valence-electron chi connectivity index (χ3n) is 4.72. The summed E-state index contributed by atoms with van der Waals surface area (Å²) < 4.78 is 5.87. The first-order valence-corrected chi connectivity index (χ1v) is 8.71. The van der Waals surface area contributed by atoms with Gasteiger partial charge in [-0.25, -0.2) is 4.98 Å². The minimum atomic E-state index is 0.0463. The number of pyridine rings is 1. The summed E-state index contributed by atoms with van der Waals surface area (Å²) in [4.78, 5) is 4.38. The molecule has 0 spiro atoms. The molecule has 0 amide bonds. The number of benzene rings is 2. The summed E-state index contributed by atoms with van der Waals surface area (Å²) in [6.07, 6.45) is 0. The first-order chi connectivity index (χ1) is 12.6. The van der Waals surface area contributed by atoms with Gasteiger partial charge in [-0.3, -0.25) is 0 Å². The molecule has 2 aromatic carbocycles. The highest BCUT2D eigenvalue weighted by Crippen LogP contribution is 2.30. The molecule has 1 heterocycles. The molecular weight excluding hydrogens is 324 g/mol. The number of aliphatic hydroxyl groups excluding tert-OH is 1. The lowest BCUT2D eigenvalue weighted by molar-refractivity contribution is 0.281. The number of hydrogen-bond donors (Lipinski definition) is 2. The van der Waals surface area contributed by atoms with Crippen molar-refractivity contribution in [3.8, 4) is 17.0 Å². The van der Waals surface area contributed by atoms with Crippen LogP contribution in [-0.4, -0.2) is 10.1 Å². The first kappa shape index (κ1) is 18.1. The molecular formula is C22H24N2O2. The molecule has 1 aromatic heterocycles. The second kappa shape index (κ2) is 8.13. The van der Waals surface area contributed by atoms with Crippen LogP contribution in [0.3, 0.4) is 0 Å². The SMILES string of the molecule is Cc1c(CO)cccc1-c1cccc(COc2cccc(CN)n2)c1C. The molecule has 0 fully saturated rings. The van der Waals surface area contributed by atoms with Gasteiger partial charge < -0.3 is 15.6 Å². The van der Waals surface area contributed by atoms with E-state index in [0.717, 1.165) is 33.5 Å². The summed E-state index contributed by atoms with van der Waals surface area (Å²) in [6, 6.07) is 17.9. The van der Waals surface area contributed by atoms with Gasteiger partial charge in [0.25, 0.3) is 0 Å². The molecule has 3 N–H and O–H groups in total. The Kier molecular flexibility index (Phi) is 5.66. The zero-order chi connectivity index (χ0) is 18.5. The average molecular weight is 348 g/mol. The van der Waals surface area contributed by atoms with Crippen LogP contribution in [0.1, 0.15) is 27.9 Å². The van der Waals surface area contributed by atoms with Gasteiger partial charge in [0.1, 0.15) is 6.61 Å². The van der Waals surface area contributed by atoms with Crippen LogP contribution in [0.15, 0.2) is 54.6 Å². The summed E-state index contributed by atoms with van der Waals surface area (Å²) in [7, 11) is 0. The third-order valence-corrected chi connectivity index (χ3v) is 4.72. The second-order valence-corrected chi connectivity index (χ2v) is 6.30. The highest BCUT2D eigenvalue weighted by Gasteiger charge is 2.11. The van der Waals surface area contributed by atoms with Gasteiger partial charge in [-0.15, -0.1) is 0 Å². The van der Waals surface area contributed by atoms with Crippen molar-refractivity contribution in [1.82, 2.24) is 4.98 Å². The summed E-state index contributed by atoms with van der Waals surface area (Å²) in [5.74, 6) is 0.580. The van der Waals surface area contributed by atoms with Crippen LogP contribution in [-0.2, 0) is 19.8 Å². The van der Waals surface area contributed by atoms with Crippen molar-refractivity contribution in [3.05, 3.63) is 82.5 Å². The van der Waals surface area contributed by atoms with Crippen LogP contribution in [0.2, 0.25) is 0 Å². The maximum absolute atomic E-state index is 9.53. The molecule has 0 aliphatic rings. The quantitative estimate of drug-likeness (QED) is 0.709. The van der Waals surface area contributed by atoms with Crippen molar-refractivity contribution < 1.29 is 9.84 Å². The Labute approximate surface area is 154 Å². The summed E-state index contributed by atoms with van der Waals surface area (Å²) in [6.45, 7) is 5.03. The van der Waals surface area contributed by atoms with E-state index >= 15 is 0 Å². The summed E-state index contributed by atoms with van der Waals surface area (Å²) in [5, 5.41) is 9.53. The lowest BCUT2D eigenvalue weighted by atomic mass is 9.92. The number of rotatable bonds is 6. The van der Waals surface area contributed by atoms with E-state index in [0.29, 0.717) is 19.0 Å². The van der Waals surface area contributed by atoms with E-state index in [1.807, 2.05) is 43.3 Å². The van der Waals surface area contributed by atoms with E-state index < -0.39 is 0 Å². The first-order valence-electron chi connectivity index (χ1n) is 8.71. The van der Waals surface area contributed by atoms with Crippen molar-refractivity contribution in [2.45, 2.75) is 33.6 Å². The van der Waals surface area contributed by atoms with Crippen LogP contribution in [0, 0.1) is 13.8 Å². The number of nitrogens with zero attached hydrogens (tertiary/aromatic N) is 1. The summed E-state index contributed by atoms with van der Waals surface area (Å²) in [5.41, 5.74) is 13.1. The standard InChI is InChI=1S/C22H24N2O2/c1-15-17(13-25)6-3-9-20(15)21-10-4-7-18(16(21)2)14-26-22-11-5-8-19(12-23)24-22/h3-11,25H,12-14,23H2,1-2H3. The fourth-order valence-corrected chi connectivity index (χ4v) is 3.08. The fraction of sp³-hybridized carbons (Fsp3) is 0.227. The van der Waals surface area contributed by atoms with Crippen molar-refractivity contribution in [2.75, 3.05) is 0 Å². The topological polar surface area (TPSA) is 68.4 Å². The van der Waals surface area contributed by atoms with Gasteiger partial charge in [0, 0.05) is 12.6 Å². The Morgan fingerprint density at radius 1 is 0.885 bits per heavy atom. The highest BCUT2D eigenvalue weighted by molar-refractivity contribution is 5.72. The van der Waals surface area contributed by atoms with E-state index in [1.54, 1.807) is 0 Å². The van der Waals surface area contributed by atoms with Gasteiger partial charge >= 0.3 is 0 Å². The molecule has 0 aliphatic heterocycles. The van der Waals surface area contributed by atoms with E-state index in [-0.39, 0.29) is 6.61 Å². The number of aromatic nitrogens is 1. The van der Waals surface area contributed by atoms with E-state index in [9.17, 15) is 5.11 Å². The van der Waals surface area contributed by atoms with Crippen molar-refractivity contribution in [1.29, 1.82) is 0 Å². The molecule has 26 heavy (non-hydrogen) atoms. The Bertz CT molecular complexity index is 906. The molecule has 3 rings (SSSR count). The minimum Gasteiger partial charge on any atom is -0.473 e. The van der Waals surface area contributed by atoms with Crippen LogP contribution in [0.4, 0.5) is 0 Å². The van der Waals surface area contributed by atoms with Crippen molar-refractivity contribution in [2.24, 2.45) is 5.73 Å². The Hall–Kier alpha value is -2.69. The molecule has 134 valence electrons. The monoisotopic (exact) mass is 348 g/mol. The second-order valence-electron chi connectivity index (χ2n) is 6.30. The van der Waals surface area contributed by atoms with Crippen molar-refractivity contribution >= 4 is 0 Å². The fourth-order valence-electron chi connectivity index (χ4n) is 3.08. The molecule has 3 aromatic rings. The third kappa shape index (κ3) is 3.77. The number of hydrogen-bond acceptors (Lipinski definition) is 4. The predicted octanol–water partition coefficient (Wildman–Crippen LogP) is 3.90. The summed E-state index contributed by atoms with van der Waals surface area (Å²) >= 11 is 0. The van der Waals surface area contributed by atoms with E-state index in [4.69, 9.17) is 10.5 Å². The van der Waals surface area contributed by atoms with Crippen LogP contribution in [0.25, 0.3) is 11.1 Å². The van der Waals surface area contributed by atoms with E-state index in [1.165, 1.54) is 5.56 Å². The molecule has 0 radical (unpaired) electrons. The zero-order valence-corrected chi connectivity index (χ0v) is 15.2. The lowest BCUT2D eigenvalue weighted by Gasteiger charge is -2.15. The van der Waals surface area contributed by atoms with Gasteiger partial charge in [-0.05, 0) is 53.3 Å². The van der Waals surface area contributed by atoms with Crippen LogP contribution >= 0.6 is 0 Å². The van der Waals surface area contributed by atoms with Gasteiger partial charge in [0.15, 0.2) is 0 Å². The molecule has 4 heteroatoms. The molecule has 0 unspecified atom stereocenters. The number of nitrogens with two attached hydrogens (primary N) is 1. The molecule has 0 bridgehead atoms. The Morgan fingerprint density at radius 2 is 1.50 bits per heavy atom. The number of aliphatic hydroxyl groups is 1. The zero-order valence-electron chi connectivity index (χ0n) is 15.2. The molecule has 0 saturated heterocycles. The average Bonchev–Trinajstić information content (AvgIpc) is 2.68. The van der Waals surface area contributed by atoms with Crippen LogP contribution in [0.5, 0.6) is 5.88 Å². The Morgan fingerprint density at radius 3 is 2.15 bits per heavy atom. The molecule has 4 nitrogen and oxygen atoms in total. The van der Waals surface area contributed by atoms with Gasteiger partial charge in [0.05, 0.1) is 12.3 Å². The minimum absolute atomic E-state index is 0.0463. The lowest BCUT2D eigenvalue weighted by Crippen LogP contribution is -2.04. The highest BCUT2D eigenvalue weighted by atomic mass is 16.5. The molecule has 0 aliphatic carbocycles. The largest absolute Gasteiger partial charge is 0.473 e. The smallest absolute Gasteiger partial charge is 0.213 e. The molecule has 0 atom stereocenters. The normalized spacial score (nSPS) is 10.8. The maximum atomic E-state index is 9.53. The van der Waals surface area contributed by atoms with Gasteiger partial charge in [-0.2, -0.15) is 0 Å².